The third kappa shape index (κ3) is 2.78. The molecule has 0 saturated carbocycles. The molecule has 0 spiro atoms. The van der Waals surface area contributed by atoms with Crippen LogP contribution in [0.5, 0.6) is 5.75 Å². The molecule has 0 atom stereocenters. The van der Waals surface area contributed by atoms with Crippen molar-refractivity contribution < 1.29 is 29.0 Å². The average molecular weight is 318 g/mol. The van der Waals surface area contributed by atoms with Crippen molar-refractivity contribution in [3.63, 3.8) is 0 Å². The van der Waals surface area contributed by atoms with E-state index in [2.05, 4.69) is 4.74 Å². The Balaban J connectivity index is 2.49. The number of ether oxygens (including phenoxy) is 1. The number of carbonyl (C=O) groups excluding carboxylic acids is 4. The first-order chi connectivity index (χ1) is 10.8. The molecular formula is C15H14N2O6. The van der Waals surface area contributed by atoms with Gasteiger partial charge in [0.2, 0.25) is 0 Å². The third-order valence-corrected chi connectivity index (χ3v) is 3.38. The Bertz CT molecular complexity index is 726. The molecule has 0 bridgehead atoms. The third-order valence-electron chi connectivity index (χ3n) is 3.38. The molecule has 120 valence electrons. The van der Waals surface area contributed by atoms with Crippen molar-refractivity contribution in [2.75, 3.05) is 21.2 Å². The van der Waals surface area contributed by atoms with Gasteiger partial charge in [-0.05, 0) is 23.8 Å². The molecule has 8 nitrogen and oxygen atoms in total. The predicted molar refractivity (Wildman–Crippen MR) is 78.4 cm³/mol. The fourth-order valence-corrected chi connectivity index (χ4v) is 2.06. The van der Waals surface area contributed by atoms with Crippen molar-refractivity contribution in [3.8, 4) is 5.75 Å². The molecule has 0 aliphatic carbocycles. The zero-order valence-electron chi connectivity index (χ0n) is 12.7. The minimum atomic E-state index is -0.756. The molecule has 23 heavy (non-hydrogen) atoms. The van der Waals surface area contributed by atoms with Crippen LogP contribution in [0.1, 0.15) is 15.9 Å². The van der Waals surface area contributed by atoms with Crippen LogP contribution in [0.4, 0.5) is 4.79 Å². The summed E-state index contributed by atoms with van der Waals surface area (Å²) in [6.45, 7) is 0. The van der Waals surface area contributed by atoms with Crippen LogP contribution >= 0.6 is 0 Å². The first kappa shape index (κ1) is 16.2. The van der Waals surface area contributed by atoms with Gasteiger partial charge >= 0.3 is 12.0 Å². The normalized spacial score (nSPS) is 15.1. The second kappa shape index (κ2) is 5.91. The van der Waals surface area contributed by atoms with Gasteiger partial charge in [-0.2, -0.15) is 0 Å². The van der Waals surface area contributed by atoms with Gasteiger partial charge in [-0.1, -0.05) is 6.07 Å². The largest absolute Gasteiger partial charge is 0.507 e. The van der Waals surface area contributed by atoms with Crippen LogP contribution in [-0.2, 0) is 14.3 Å². The van der Waals surface area contributed by atoms with Gasteiger partial charge in [0.15, 0.2) is 0 Å². The van der Waals surface area contributed by atoms with Gasteiger partial charge in [0.05, 0.1) is 7.11 Å². The summed E-state index contributed by atoms with van der Waals surface area (Å²) in [6.07, 6.45) is 1.25. The van der Waals surface area contributed by atoms with Crippen molar-refractivity contribution in [2.24, 2.45) is 0 Å². The van der Waals surface area contributed by atoms with Crippen LogP contribution in [-0.4, -0.2) is 59.9 Å². The summed E-state index contributed by atoms with van der Waals surface area (Å²) in [4.78, 5) is 49.0. The number of nitrogens with zero attached hydrogens (tertiary/aromatic N) is 2. The molecule has 0 unspecified atom stereocenters. The van der Waals surface area contributed by atoms with E-state index in [1.54, 1.807) is 0 Å². The van der Waals surface area contributed by atoms with E-state index in [9.17, 15) is 24.3 Å². The van der Waals surface area contributed by atoms with Gasteiger partial charge in [-0.25, -0.2) is 9.59 Å². The molecule has 1 saturated heterocycles. The zero-order chi connectivity index (χ0) is 17.3. The van der Waals surface area contributed by atoms with Gasteiger partial charge in [0.25, 0.3) is 11.8 Å². The Kier molecular flexibility index (Phi) is 4.17. The number of carbonyl (C=O) groups is 4. The van der Waals surface area contributed by atoms with Gasteiger partial charge in [0.1, 0.15) is 16.9 Å². The van der Waals surface area contributed by atoms with Crippen LogP contribution in [0.3, 0.4) is 0 Å². The van der Waals surface area contributed by atoms with Gasteiger partial charge in [0, 0.05) is 14.1 Å². The molecule has 1 aromatic rings. The monoisotopic (exact) mass is 318 g/mol. The smallest absolute Gasteiger partial charge is 0.341 e. The van der Waals surface area contributed by atoms with Crippen molar-refractivity contribution >= 4 is 29.9 Å². The fraction of sp³-hybridized carbons (Fsp3) is 0.200. The SMILES string of the molecule is COC(=O)c1cc(C=C2C(=O)N(C)C(=O)N(C)C2=O)ccc1O. The molecule has 4 amide bonds. The standard InChI is InChI=1S/C15H14N2O6/c1-16-12(19)10(13(20)17(2)15(16)22)7-8-4-5-11(18)9(6-8)14(21)23-3/h4-7,18H,1-3H3. The molecule has 0 radical (unpaired) electrons. The number of amides is 4. The number of barbiturate groups is 1. The number of benzene rings is 1. The maximum atomic E-state index is 12.1. The number of imide groups is 2. The van der Waals surface area contributed by atoms with Crippen LogP contribution in [0.2, 0.25) is 0 Å². The van der Waals surface area contributed by atoms with E-state index in [0.717, 1.165) is 16.9 Å². The highest BCUT2D eigenvalue weighted by Crippen LogP contribution is 2.23. The van der Waals surface area contributed by atoms with E-state index < -0.39 is 23.8 Å². The summed E-state index contributed by atoms with van der Waals surface area (Å²) in [5.74, 6) is -2.53. The van der Waals surface area contributed by atoms with E-state index in [-0.39, 0.29) is 16.9 Å². The lowest BCUT2D eigenvalue weighted by atomic mass is 10.0. The number of hydrogen-bond acceptors (Lipinski definition) is 6. The lowest BCUT2D eigenvalue weighted by Gasteiger charge is -2.28. The first-order valence-electron chi connectivity index (χ1n) is 6.51. The molecule has 1 fully saturated rings. The Morgan fingerprint density at radius 3 is 2.22 bits per heavy atom. The Hall–Kier alpha value is -3.16. The van der Waals surface area contributed by atoms with E-state index in [4.69, 9.17) is 0 Å². The minimum absolute atomic E-state index is 0.102. The van der Waals surface area contributed by atoms with Gasteiger partial charge < -0.3 is 9.84 Å². The number of urea groups is 1. The van der Waals surface area contributed by atoms with Gasteiger partial charge in [-0.3, -0.25) is 19.4 Å². The number of likely N-dealkylation sites (N-methyl/N-ethyl adjacent to an activating group) is 2. The van der Waals surface area contributed by atoms with Crippen molar-refractivity contribution in [3.05, 3.63) is 34.9 Å². The number of methoxy groups -OCH3 is 1. The number of esters is 1. The minimum Gasteiger partial charge on any atom is -0.507 e. The second-order valence-corrected chi connectivity index (χ2v) is 4.84. The Morgan fingerprint density at radius 1 is 1.13 bits per heavy atom. The van der Waals surface area contributed by atoms with Crippen molar-refractivity contribution in [1.82, 2.24) is 9.80 Å². The predicted octanol–water partition coefficient (Wildman–Crippen LogP) is 0.613. The maximum Gasteiger partial charge on any atom is 0.341 e. The molecule has 1 N–H and O–H groups in total. The highest BCUT2D eigenvalue weighted by Gasteiger charge is 2.37. The van der Waals surface area contributed by atoms with Crippen molar-refractivity contribution in [2.45, 2.75) is 0 Å². The summed E-state index contributed by atoms with van der Waals surface area (Å²) < 4.78 is 4.54. The number of phenols is 1. The number of phenolic OH excluding ortho intramolecular Hbond substituents is 1. The summed E-state index contributed by atoms with van der Waals surface area (Å²) in [7, 11) is 3.69. The lowest BCUT2D eigenvalue weighted by Crippen LogP contribution is -2.52. The molecule has 0 aromatic heterocycles. The summed E-state index contributed by atoms with van der Waals surface area (Å²) in [5, 5.41) is 9.65. The highest BCUT2D eigenvalue weighted by molar-refractivity contribution is 6.30. The molecule has 1 aliphatic heterocycles. The maximum absolute atomic E-state index is 12.1. The molecule has 1 heterocycles. The van der Waals surface area contributed by atoms with E-state index in [1.165, 1.54) is 38.4 Å². The number of hydrogen-bond donors (Lipinski definition) is 1. The second-order valence-electron chi connectivity index (χ2n) is 4.84. The Labute approximate surface area is 131 Å². The molecule has 1 aromatic carbocycles. The fourth-order valence-electron chi connectivity index (χ4n) is 2.06. The highest BCUT2D eigenvalue weighted by atomic mass is 16.5. The van der Waals surface area contributed by atoms with E-state index >= 15 is 0 Å². The average Bonchev–Trinajstić information content (AvgIpc) is 2.55. The van der Waals surface area contributed by atoms with Crippen molar-refractivity contribution in [1.29, 1.82) is 0 Å². The number of aromatic hydroxyl groups is 1. The molecule has 8 heteroatoms. The quantitative estimate of drug-likeness (QED) is 0.487. The Morgan fingerprint density at radius 2 is 1.70 bits per heavy atom. The zero-order valence-corrected chi connectivity index (χ0v) is 12.7. The van der Waals surface area contributed by atoms with Crippen LogP contribution < -0.4 is 0 Å². The van der Waals surface area contributed by atoms with E-state index in [0.29, 0.717) is 5.56 Å². The van der Waals surface area contributed by atoms with Crippen LogP contribution in [0.25, 0.3) is 6.08 Å². The molecule has 1 aliphatic rings. The summed E-state index contributed by atoms with van der Waals surface area (Å²) >= 11 is 0. The number of rotatable bonds is 2. The van der Waals surface area contributed by atoms with Crippen LogP contribution in [0.15, 0.2) is 23.8 Å². The van der Waals surface area contributed by atoms with Gasteiger partial charge in [-0.15, -0.1) is 0 Å². The lowest BCUT2D eigenvalue weighted by molar-refractivity contribution is -0.134. The van der Waals surface area contributed by atoms with Crippen LogP contribution in [0, 0.1) is 0 Å². The van der Waals surface area contributed by atoms with E-state index in [1.807, 2.05) is 0 Å². The first-order valence-corrected chi connectivity index (χ1v) is 6.51. The topological polar surface area (TPSA) is 104 Å². The molecular weight excluding hydrogens is 304 g/mol. The summed E-state index contributed by atoms with van der Waals surface area (Å²) in [6, 6.07) is 3.23. The summed E-state index contributed by atoms with van der Waals surface area (Å²) in [5.41, 5.74) is 0.00231. The molecule has 2 rings (SSSR count).